The highest BCUT2D eigenvalue weighted by molar-refractivity contribution is 7.80. The van der Waals surface area contributed by atoms with E-state index >= 15 is 0 Å². The van der Waals surface area contributed by atoms with Gasteiger partial charge in [-0.15, -0.1) is 0 Å². The molecular weight excluding hydrogens is 491 g/mol. The predicted molar refractivity (Wildman–Crippen MR) is 171 cm³/mol. The molecule has 4 aromatic rings. The zero-order valence-electron chi connectivity index (χ0n) is 25.4. The van der Waals surface area contributed by atoms with Crippen LogP contribution in [-0.4, -0.2) is 0 Å². The van der Waals surface area contributed by atoms with Crippen molar-refractivity contribution in [3.63, 3.8) is 0 Å². The van der Waals surface area contributed by atoms with Gasteiger partial charge in [-0.05, 0) is 66.5 Å². The highest BCUT2D eigenvalue weighted by atomic mass is 31.1. The van der Waals surface area contributed by atoms with Gasteiger partial charge in [0, 0.05) is 21.8 Å². The molecule has 0 saturated carbocycles. The highest BCUT2D eigenvalue weighted by Gasteiger charge is 2.39. The lowest BCUT2D eigenvalue weighted by molar-refractivity contribution is 0.418. The van der Waals surface area contributed by atoms with Gasteiger partial charge in [0.25, 0.3) is 0 Å². The third-order valence-electron chi connectivity index (χ3n) is 8.16. The number of hydrogen-bond acceptors (Lipinski definition) is 1. The van der Waals surface area contributed by atoms with Gasteiger partial charge in [0.05, 0.1) is 0 Å². The number of rotatable bonds is 3. The fraction of sp³-hybridized carbons (Fsp3) is 0.351. The summed E-state index contributed by atoms with van der Waals surface area (Å²) in [6.07, 6.45) is 0. The number of hydrogen-bond donors (Lipinski definition) is 0. The van der Waals surface area contributed by atoms with Gasteiger partial charge >= 0.3 is 0 Å². The van der Waals surface area contributed by atoms with Crippen LogP contribution in [0.1, 0.15) is 88.8 Å². The second-order valence-electron chi connectivity index (χ2n) is 13.8. The highest BCUT2D eigenvalue weighted by Crippen LogP contribution is 2.52. The molecule has 0 aromatic heterocycles. The molecule has 0 unspecified atom stereocenters. The minimum atomic E-state index is -0.829. The van der Waals surface area contributed by atoms with Crippen molar-refractivity contribution in [3.05, 3.63) is 112 Å². The summed E-state index contributed by atoms with van der Waals surface area (Å²) >= 11 is 0. The molecule has 0 radical (unpaired) electrons. The van der Waals surface area contributed by atoms with E-state index in [0.29, 0.717) is 0 Å². The van der Waals surface area contributed by atoms with Crippen LogP contribution in [0.15, 0.2) is 78.9 Å². The molecule has 2 heteroatoms. The molecule has 1 aliphatic heterocycles. The molecule has 1 aliphatic rings. The smallest absolute Gasteiger partial charge is 0.139 e. The zero-order chi connectivity index (χ0) is 28.3. The molecule has 0 N–H and O–H groups in total. The largest absolute Gasteiger partial charge is 0.456 e. The Balaban J connectivity index is 1.81. The molecule has 0 fully saturated rings. The standard InChI is InChI=1S/C37H43OP/c1-24-11-16-28(17-12-24)39(29-18-13-25(2)14-19-29)33-23-27(36(6,7)8)22-31-34(33)38-32-20-15-26(35(3,4)5)21-30(32)37(31,9)10/h11-23H,1-10H3. The molecule has 5 rings (SSSR count). The van der Waals surface area contributed by atoms with Gasteiger partial charge in [-0.1, -0.05) is 133 Å². The number of ether oxygens (including phenoxy) is 1. The van der Waals surface area contributed by atoms with Crippen molar-refractivity contribution in [2.75, 3.05) is 0 Å². The summed E-state index contributed by atoms with van der Waals surface area (Å²) in [6.45, 7) is 22.9. The van der Waals surface area contributed by atoms with Crippen molar-refractivity contribution in [2.24, 2.45) is 0 Å². The molecular formula is C37H43OP. The van der Waals surface area contributed by atoms with E-state index in [1.165, 1.54) is 49.3 Å². The predicted octanol–water partition coefficient (Wildman–Crippen LogP) is 9.09. The van der Waals surface area contributed by atoms with Crippen LogP contribution < -0.4 is 20.7 Å². The van der Waals surface area contributed by atoms with Crippen LogP contribution in [0, 0.1) is 13.8 Å². The zero-order valence-corrected chi connectivity index (χ0v) is 26.3. The van der Waals surface area contributed by atoms with Crippen LogP contribution >= 0.6 is 7.92 Å². The summed E-state index contributed by atoms with van der Waals surface area (Å²) in [5, 5.41) is 4.00. The first-order valence-electron chi connectivity index (χ1n) is 14.1. The Hall–Kier alpha value is -2.89. The quantitative estimate of drug-likeness (QED) is 0.238. The van der Waals surface area contributed by atoms with E-state index in [1.54, 1.807) is 0 Å². The molecule has 0 amide bonds. The molecule has 1 nitrogen and oxygen atoms in total. The van der Waals surface area contributed by atoms with Crippen LogP contribution in [0.25, 0.3) is 0 Å². The van der Waals surface area contributed by atoms with E-state index < -0.39 is 7.92 Å². The molecule has 0 atom stereocenters. The third kappa shape index (κ3) is 5.19. The van der Waals surface area contributed by atoms with Crippen molar-refractivity contribution in [1.29, 1.82) is 0 Å². The van der Waals surface area contributed by atoms with E-state index in [-0.39, 0.29) is 16.2 Å². The van der Waals surface area contributed by atoms with Gasteiger partial charge in [0.1, 0.15) is 11.5 Å². The maximum Gasteiger partial charge on any atom is 0.139 e. The van der Waals surface area contributed by atoms with Crippen molar-refractivity contribution >= 4 is 23.8 Å². The van der Waals surface area contributed by atoms with Gasteiger partial charge < -0.3 is 4.74 Å². The average molecular weight is 535 g/mol. The number of aryl methyl sites for hydroxylation is 2. The molecule has 0 saturated heterocycles. The second kappa shape index (κ2) is 9.64. The molecule has 0 aliphatic carbocycles. The van der Waals surface area contributed by atoms with Gasteiger partial charge in [-0.25, -0.2) is 0 Å². The Kier molecular flexibility index (Phi) is 6.84. The van der Waals surface area contributed by atoms with E-state index in [0.717, 1.165) is 11.5 Å². The fourth-order valence-corrected chi connectivity index (χ4v) is 7.81. The van der Waals surface area contributed by atoms with Crippen molar-refractivity contribution in [2.45, 2.75) is 85.5 Å². The van der Waals surface area contributed by atoms with E-state index in [9.17, 15) is 0 Å². The summed E-state index contributed by atoms with van der Waals surface area (Å²) in [5.74, 6) is 2.02. The van der Waals surface area contributed by atoms with Crippen molar-refractivity contribution in [3.8, 4) is 11.5 Å². The van der Waals surface area contributed by atoms with Gasteiger partial charge in [0.15, 0.2) is 0 Å². The van der Waals surface area contributed by atoms with E-state index in [1.807, 2.05) is 0 Å². The number of benzene rings is 4. The molecule has 39 heavy (non-hydrogen) atoms. The molecule has 0 bridgehead atoms. The monoisotopic (exact) mass is 534 g/mol. The lowest BCUT2D eigenvalue weighted by atomic mass is 9.72. The van der Waals surface area contributed by atoms with Crippen LogP contribution in [0.2, 0.25) is 0 Å². The van der Waals surface area contributed by atoms with Crippen LogP contribution in [0.3, 0.4) is 0 Å². The minimum Gasteiger partial charge on any atom is -0.456 e. The first-order chi connectivity index (χ1) is 18.2. The molecule has 202 valence electrons. The third-order valence-corrected chi connectivity index (χ3v) is 10.6. The Morgan fingerprint density at radius 2 is 1.08 bits per heavy atom. The second-order valence-corrected chi connectivity index (χ2v) is 16.0. The Bertz CT molecular complexity index is 1460. The summed E-state index contributed by atoms with van der Waals surface area (Å²) in [5.41, 5.74) is 7.72. The van der Waals surface area contributed by atoms with Crippen LogP contribution in [0.5, 0.6) is 11.5 Å². The van der Waals surface area contributed by atoms with Crippen LogP contribution in [0.4, 0.5) is 0 Å². The Morgan fingerprint density at radius 1 is 0.590 bits per heavy atom. The van der Waals surface area contributed by atoms with Gasteiger partial charge in [-0.3, -0.25) is 0 Å². The number of fused-ring (bicyclic) bond motifs is 2. The first kappa shape index (κ1) is 27.7. The summed E-state index contributed by atoms with van der Waals surface area (Å²) in [4.78, 5) is 0. The maximum atomic E-state index is 6.97. The summed E-state index contributed by atoms with van der Waals surface area (Å²) < 4.78 is 6.97. The van der Waals surface area contributed by atoms with E-state index in [2.05, 4.69) is 148 Å². The van der Waals surface area contributed by atoms with Gasteiger partial charge in [0.2, 0.25) is 0 Å². The van der Waals surface area contributed by atoms with Crippen LogP contribution in [-0.2, 0) is 16.2 Å². The lowest BCUT2D eigenvalue weighted by Gasteiger charge is -2.39. The SMILES string of the molecule is Cc1ccc(P(c2ccc(C)cc2)c2cc(C(C)(C)C)cc3c2Oc2ccc(C(C)(C)C)cc2C3(C)C)cc1. The Labute approximate surface area is 237 Å². The summed E-state index contributed by atoms with van der Waals surface area (Å²) in [6, 6.07) is 29.9. The summed E-state index contributed by atoms with van der Waals surface area (Å²) in [7, 11) is -0.829. The topological polar surface area (TPSA) is 9.23 Å². The first-order valence-corrected chi connectivity index (χ1v) is 15.5. The maximum absolute atomic E-state index is 6.97. The lowest BCUT2D eigenvalue weighted by Crippen LogP contribution is -2.32. The van der Waals surface area contributed by atoms with Crippen molar-refractivity contribution < 1.29 is 4.74 Å². The molecule has 4 aromatic carbocycles. The fourth-order valence-electron chi connectivity index (χ4n) is 5.43. The van der Waals surface area contributed by atoms with Gasteiger partial charge in [-0.2, -0.15) is 0 Å². The van der Waals surface area contributed by atoms with Crippen molar-refractivity contribution in [1.82, 2.24) is 0 Å². The van der Waals surface area contributed by atoms with E-state index in [4.69, 9.17) is 4.74 Å². The minimum absolute atomic E-state index is 0.00888. The average Bonchev–Trinajstić information content (AvgIpc) is 2.85. The molecule has 0 spiro atoms. The molecule has 1 heterocycles. The Morgan fingerprint density at radius 3 is 1.56 bits per heavy atom. The normalized spacial score (nSPS) is 14.5.